The molecule has 94 valence electrons. The number of piperidine rings is 1. The zero-order chi connectivity index (χ0) is 12.1. The van der Waals surface area contributed by atoms with Crippen molar-refractivity contribution in [1.29, 1.82) is 0 Å². The maximum Gasteiger partial charge on any atom is 0.223 e. The lowest BCUT2D eigenvalue weighted by atomic mass is 10.1. The minimum Gasteiger partial charge on any atom is -0.341 e. The van der Waals surface area contributed by atoms with Crippen LogP contribution in [0.15, 0.2) is 18.5 Å². The van der Waals surface area contributed by atoms with Gasteiger partial charge in [0, 0.05) is 37.7 Å². The molecular weight excluding hydrogens is 234 g/mol. The highest BCUT2D eigenvalue weighted by Gasteiger charge is 2.24. The van der Waals surface area contributed by atoms with Crippen LogP contribution in [0.4, 0.5) is 0 Å². The van der Waals surface area contributed by atoms with Crippen molar-refractivity contribution >= 4 is 17.7 Å². The Kier molecular flexibility index (Phi) is 4.48. The van der Waals surface area contributed by atoms with Crippen LogP contribution in [-0.2, 0) is 4.79 Å². The standard InChI is InChI=1S/C12H19N3OS/c1-17-9-5-12(16)14-7-2-4-11(10-14)15-8-3-6-13-15/h3,6,8,11H,2,4-5,7,9-10H2,1H3/t11-/m0/s1. The zero-order valence-electron chi connectivity index (χ0n) is 10.2. The Morgan fingerprint density at radius 3 is 3.18 bits per heavy atom. The van der Waals surface area contributed by atoms with Gasteiger partial charge in [-0.15, -0.1) is 0 Å². The number of hydrogen-bond acceptors (Lipinski definition) is 3. The molecule has 0 radical (unpaired) electrons. The van der Waals surface area contributed by atoms with Crippen molar-refractivity contribution in [2.45, 2.75) is 25.3 Å². The number of amides is 1. The number of hydrogen-bond donors (Lipinski definition) is 0. The van der Waals surface area contributed by atoms with Crippen LogP contribution in [0.1, 0.15) is 25.3 Å². The molecule has 0 unspecified atom stereocenters. The first kappa shape index (κ1) is 12.5. The lowest BCUT2D eigenvalue weighted by Gasteiger charge is -2.33. The quantitative estimate of drug-likeness (QED) is 0.821. The predicted molar refractivity (Wildman–Crippen MR) is 70.1 cm³/mol. The third-order valence-corrected chi connectivity index (χ3v) is 3.78. The highest BCUT2D eigenvalue weighted by Crippen LogP contribution is 2.21. The Bertz CT molecular complexity index is 353. The van der Waals surface area contributed by atoms with E-state index in [0.29, 0.717) is 12.5 Å². The van der Waals surface area contributed by atoms with E-state index in [1.54, 1.807) is 18.0 Å². The van der Waals surface area contributed by atoms with Crippen LogP contribution in [-0.4, -0.2) is 45.7 Å². The van der Waals surface area contributed by atoms with Gasteiger partial charge >= 0.3 is 0 Å². The summed E-state index contributed by atoms with van der Waals surface area (Å²) in [5.74, 6) is 1.21. The summed E-state index contributed by atoms with van der Waals surface area (Å²) >= 11 is 1.73. The highest BCUT2D eigenvalue weighted by atomic mass is 32.2. The third kappa shape index (κ3) is 3.25. The number of carbonyl (C=O) groups excluding carboxylic acids is 1. The van der Waals surface area contributed by atoms with Gasteiger partial charge in [0.25, 0.3) is 0 Å². The summed E-state index contributed by atoms with van der Waals surface area (Å²) in [5, 5.41) is 4.27. The van der Waals surface area contributed by atoms with E-state index in [2.05, 4.69) is 5.10 Å². The van der Waals surface area contributed by atoms with Crippen LogP contribution in [0.3, 0.4) is 0 Å². The monoisotopic (exact) mass is 253 g/mol. The Hall–Kier alpha value is -0.970. The van der Waals surface area contributed by atoms with Gasteiger partial charge in [-0.25, -0.2) is 0 Å². The van der Waals surface area contributed by atoms with Crippen LogP contribution in [0.2, 0.25) is 0 Å². The summed E-state index contributed by atoms with van der Waals surface area (Å²) in [5.41, 5.74) is 0. The number of likely N-dealkylation sites (tertiary alicyclic amines) is 1. The first-order valence-electron chi connectivity index (χ1n) is 6.07. The normalized spacial score (nSPS) is 20.5. The molecule has 1 aromatic rings. The van der Waals surface area contributed by atoms with Crippen LogP contribution in [0.5, 0.6) is 0 Å². The van der Waals surface area contributed by atoms with Gasteiger partial charge in [0.05, 0.1) is 6.04 Å². The second-order valence-electron chi connectivity index (χ2n) is 4.36. The summed E-state index contributed by atoms with van der Waals surface area (Å²) < 4.78 is 1.98. The van der Waals surface area contributed by atoms with Gasteiger partial charge in [0.2, 0.25) is 5.91 Å². The van der Waals surface area contributed by atoms with E-state index in [1.807, 2.05) is 28.1 Å². The van der Waals surface area contributed by atoms with E-state index in [4.69, 9.17) is 0 Å². The van der Waals surface area contributed by atoms with Gasteiger partial charge in [0.1, 0.15) is 0 Å². The van der Waals surface area contributed by atoms with Crippen molar-refractivity contribution in [3.8, 4) is 0 Å². The Morgan fingerprint density at radius 1 is 1.59 bits per heavy atom. The molecule has 2 rings (SSSR count). The molecule has 1 aliphatic heterocycles. The fourth-order valence-corrected chi connectivity index (χ4v) is 2.62. The lowest BCUT2D eigenvalue weighted by Crippen LogP contribution is -2.40. The van der Waals surface area contributed by atoms with Crippen molar-refractivity contribution in [2.75, 3.05) is 25.1 Å². The van der Waals surface area contributed by atoms with E-state index >= 15 is 0 Å². The predicted octanol–water partition coefficient (Wildman–Crippen LogP) is 1.80. The maximum atomic E-state index is 12.0. The SMILES string of the molecule is CSCCC(=O)N1CCC[C@H](n2cccn2)C1. The van der Waals surface area contributed by atoms with Gasteiger partial charge in [-0.2, -0.15) is 16.9 Å². The van der Waals surface area contributed by atoms with Gasteiger partial charge in [-0.3, -0.25) is 9.48 Å². The van der Waals surface area contributed by atoms with E-state index in [0.717, 1.165) is 31.7 Å². The number of rotatable bonds is 4. The average molecular weight is 253 g/mol. The number of nitrogens with zero attached hydrogens (tertiary/aromatic N) is 3. The van der Waals surface area contributed by atoms with Gasteiger partial charge < -0.3 is 4.90 Å². The molecule has 0 spiro atoms. The molecular formula is C12H19N3OS. The van der Waals surface area contributed by atoms with Crippen molar-refractivity contribution in [2.24, 2.45) is 0 Å². The molecule has 17 heavy (non-hydrogen) atoms. The second-order valence-corrected chi connectivity index (χ2v) is 5.35. The molecule has 1 aromatic heterocycles. The molecule has 0 aliphatic carbocycles. The molecule has 5 heteroatoms. The summed E-state index contributed by atoms with van der Waals surface area (Å²) in [6.45, 7) is 1.72. The number of thioether (sulfide) groups is 1. The number of aromatic nitrogens is 2. The Morgan fingerprint density at radius 2 is 2.47 bits per heavy atom. The van der Waals surface area contributed by atoms with Crippen molar-refractivity contribution < 1.29 is 4.79 Å². The molecule has 0 aromatic carbocycles. The van der Waals surface area contributed by atoms with Crippen LogP contribution in [0.25, 0.3) is 0 Å². The van der Waals surface area contributed by atoms with Crippen molar-refractivity contribution in [1.82, 2.24) is 14.7 Å². The van der Waals surface area contributed by atoms with E-state index in [-0.39, 0.29) is 5.91 Å². The molecule has 1 atom stereocenters. The van der Waals surface area contributed by atoms with Gasteiger partial charge in [-0.1, -0.05) is 0 Å². The van der Waals surface area contributed by atoms with Crippen molar-refractivity contribution in [3.05, 3.63) is 18.5 Å². The molecule has 0 saturated carbocycles. The minimum atomic E-state index is 0.288. The van der Waals surface area contributed by atoms with Gasteiger partial charge in [0.15, 0.2) is 0 Å². The molecule has 1 fully saturated rings. The Labute approximate surface area is 106 Å². The smallest absolute Gasteiger partial charge is 0.223 e. The topological polar surface area (TPSA) is 38.1 Å². The fourth-order valence-electron chi connectivity index (χ4n) is 2.24. The average Bonchev–Trinajstić information content (AvgIpc) is 2.90. The molecule has 1 aliphatic rings. The molecule has 0 bridgehead atoms. The van der Waals surface area contributed by atoms with E-state index < -0.39 is 0 Å². The number of carbonyl (C=O) groups is 1. The second kappa shape index (κ2) is 6.10. The first-order chi connectivity index (χ1) is 8.31. The first-order valence-corrected chi connectivity index (χ1v) is 7.46. The largest absolute Gasteiger partial charge is 0.341 e. The minimum absolute atomic E-state index is 0.288. The van der Waals surface area contributed by atoms with E-state index in [9.17, 15) is 4.79 Å². The summed E-state index contributed by atoms with van der Waals surface area (Å²) in [6.07, 6.45) is 8.68. The third-order valence-electron chi connectivity index (χ3n) is 3.17. The van der Waals surface area contributed by atoms with E-state index in [1.165, 1.54) is 0 Å². The summed E-state index contributed by atoms with van der Waals surface area (Å²) in [7, 11) is 0. The maximum absolute atomic E-state index is 12.0. The summed E-state index contributed by atoms with van der Waals surface area (Å²) in [6, 6.07) is 2.30. The molecule has 1 amide bonds. The molecule has 0 N–H and O–H groups in total. The lowest BCUT2D eigenvalue weighted by molar-refractivity contribution is -0.132. The van der Waals surface area contributed by atoms with Crippen LogP contribution < -0.4 is 0 Å². The Balaban J connectivity index is 1.90. The van der Waals surface area contributed by atoms with Gasteiger partial charge in [-0.05, 0) is 25.2 Å². The zero-order valence-corrected chi connectivity index (χ0v) is 11.0. The highest BCUT2D eigenvalue weighted by molar-refractivity contribution is 7.98. The van der Waals surface area contributed by atoms with Crippen molar-refractivity contribution in [3.63, 3.8) is 0 Å². The van der Waals surface area contributed by atoms with Crippen LogP contribution >= 0.6 is 11.8 Å². The molecule has 4 nitrogen and oxygen atoms in total. The molecule has 2 heterocycles. The molecule has 1 saturated heterocycles. The summed E-state index contributed by atoms with van der Waals surface area (Å²) in [4.78, 5) is 13.9. The fraction of sp³-hybridized carbons (Fsp3) is 0.667. The van der Waals surface area contributed by atoms with Crippen LogP contribution in [0, 0.1) is 0 Å².